The normalized spacial score (nSPS) is 18.6. The van der Waals surface area contributed by atoms with Crippen LogP contribution in [0.5, 0.6) is 0 Å². The van der Waals surface area contributed by atoms with Gasteiger partial charge in [-0.15, -0.1) is 0 Å². The molecule has 0 amide bonds. The lowest BCUT2D eigenvalue weighted by atomic mass is 9.94. The second-order valence-corrected chi connectivity index (χ2v) is 5.50. The quantitative estimate of drug-likeness (QED) is 0.881. The van der Waals surface area contributed by atoms with Crippen LogP contribution in [0.2, 0.25) is 0 Å². The minimum absolute atomic E-state index is 0.452. The molecule has 94 valence electrons. The van der Waals surface area contributed by atoms with Gasteiger partial charge in [-0.1, -0.05) is 24.3 Å². The third-order valence-corrected chi connectivity index (χ3v) is 4.21. The molecule has 0 radical (unpaired) electrons. The van der Waals surface area contributed by atoms with E-state index in [0.717, 1.165) is 26.1 Å². The molecule has 3 rings (SSSR count). The van der Waals surface area contributed by atoms with Crippen molar-refractivity contribution in [3.8, 4) is 0 Å². The molecule has 2 heterocycles. The third kappa shape index (κ3) is 2.64. The second-order valence-electron chi connectivity index (χ2n) is 4.72. The van der Waals surface area contributed by atoms with Crippen molar-refractivity contribution in [1.82, 2.24) is 10.6 Å². The van der Waals surface area contributed by atoms with Gasteiger partial charge in [-0.3, -0.25) is 0 Å². The van der Waals surface area contributed by atoms with E-state index in [-0.39, 0.29) is 0 Å². The van der Waals surface area contributed by atoms with E-state index in [1.807, 2.05) is 0 Å². The van der Waals surface area contributed by atoms with Gasteiger partial charge in [0.1, 0.15) is 0 Å². The van der Waals surface area contributed by atoms with Gasteiger partial charge in [0, 0.05) is 19.1 Å². The van der Waals surface area contributed by atoms with Gasteiger partial charge in [-0.05, 0) is 46.5 Å². The number of hydrogen-bond acceptors (Lipinski definition) is 3. The first kappa shape index (κ1) is 11.9. The predicted octanol–water partition coefficient (Wildman–Crippen LogP) is 2.72. The molecular formula is C15H18N2S. The van der Waals surface area contributed by atoms with E-state index in [1.54, 1.807) is 11.3 Å². The monoisotopic (exact) mass is 258 g/mol. The van der Waals surface area contributed by atoms with Gasteiger partial charge < -0.3 is 10.6 Å². The minimum atomic E-state index is 0.452. The summed E-state index contributed by atoms with van der Waals surface area (Å²) in [7, 11) is 0. The van der Waals surface area contributed by atoms with E-state index in [0.29, 0.717) is 6.04 Å². The van der Waals surface area contributed by atoms with Crippen molar-refractivity contribution < 1.29 is 0 Å². The van der Waals surface area contributed by atoms with Crippen molar-refractivity contribution in [2.24, 2.45) is 0 Å². The van der Waals surface area contributed by atoms with Crippen LogP contribution in [0.3, 0.4) is 0 Å². The molecular weight excluding hydrogens is 240 g/mol. The molecule has 1 aliphatic rings. The van der Waals surface area contributed by atoms with Crippen LogP contribution in [-0.2, 0) is 13.0 Å². The van der Waals surface area contributed by atoms with Crippen LogP contribution in [0.4, 0.5) is 0 Å². The molecule has 1 aromatic heterocycles. The highest BCUT2D eigenvalue weighted by atomic mass is 32.1. The summed E-state index contributed by atoms with van der Waals surface area (Å²) in [4.78, 5) is 0. The van der Waals surface area contributed by atoms with Crippen LogP contribution < -0.4 is 10.6 Å². The standard InChI is InChI=1S/C15H18N2S/c1-2-4-14-13(3-1)5-7-17-15(14)10-16-9-12-6-8-18-11-12/h1-4,6,8,11,15-17H,5,7,9-10H2. The molecule has 1 unspecified atom stereocenters. The van der Waals surface area contributed by atoms with Gasteiger partial charge in [0.25, 0.3) is 0 Å². The summed E-state index contributed by atoms with van der Waals surface area (Å²) in [6.07, 6.45) is 1.15. The Balaban J connectivity index is 1.60. The van der Waals surface area contributed by atoms with Crippen LogP contribution in [0.25, 0.3) is 0 Å². The van der Waals surface area contributed by atoms with Gasteiger partial charge in [0.2, 0.25) is 0 Å². The lowest BCUT2D eigenvalue weighted by molar-refractivity contribution is 0.468. The average molecular weight is 258 g/mol. The largest absolute Gasteiger partial charge is 0.311 e. The first-order valence-electron chi connectivity index (χ1n) is 6.46. The topological polar surface area (TPSA) is 24.1 Å². The molecule has 0 spiro atoms. The molecule has 2 N–H and O–H groups in total. The highest BCUT2D eigenvalue weighted by molar-refractivity contribution is 7.07. The molecule has 2 aromatic rings. The van der Waals surface area contributed by atoms with Crippen molar-refractivity contribution >= 4 is 11.3 Å². The lowest BCUT2D eigenvalue weighted by Gasteiger charge is -2.27. The predicted molar refractivity (Wildman–Crippen MR) is 76.9 cm³/mol. The van der Waals surface area contributed by atoms with E-state index in [4.69, 9.17) is 0 Å². The van der Waals surface area contributed by atoms with Gasteiger partial charge in [0.15, 0.2) is 0 Å². The number of nitrogens with one attached hydrogen (secondary N) is 2. The van der Waals surface area contributed by atoms with E-state index in [1.165, 1.54) is 16.7 Å². The summed E-state index contributed by atoms with van der Waals surface area (Å²) in [5.41, 5.74) is 4.34. The Morgan fingerprint density at radius 3 is 3.11 bits per heavy atom. The van der Waals surface area contributed by atoms with Crippen LogP contribution >= 0.6 is 11.3 Å². The molecule has 0 fully saturated rings. The van der Waals surface area contributed by atoms with E-state index in [2.05, 4.69) is 51.7 Å². The number of thiophene rings is 1. The zero-order valence-corrected chi connectivity index (χ0v) is 11.2. The summed E-state index contributed by atoms with van der Waals surface area (Å²) in [6.45, 7) is 3.04. The first-order chi connectivity index (χ1) is 8.93. The van der Waals surface area contributed by atoms with Crippen molar-refractivity contribution in [2.75, 3.05) is 13.1 Å². The van der Waals surface area contributed by atoms with Crippen LogP contribution in [0, 0.1) is 0 Å². The molecule has 2 nitrogen and oxygen atoms in total. The maximum atomic E-state index is 3.60. The fourth-order valence-electron chi connectivity index (χ4n) is 2.53. The van der Waals surface area contributed by atoms with Crippen LogP contribution in [0.1, 0.15) is 22.7 Å². The Bertz CT molecular complexity index is 493. The Kier molecular flexibility index (Phi) is 3.74. The van der Waals surface area contributed by atoms with Gasteiger partial charge >= 0.3 is 0 Å². The Morgan fingerprint density at radius 1 is 1.28 bits per heavy atom. The van der Waals surface area contributed by atoms with Crippen molar-refractivity contribution in [1.29, 1.82) is 0 Å². The fraction of sp³-hybridized carbons (Fsp3) is 0.333. The number of hydrogen-bond donors (Lipinski definition) is 2. The van der Waals surface area contributed by atoms with Gasteiger partial charge in [-0.25, -0.2) is 0 Å². The Morgan fingerprint density at radius 2 is 2.22 bits per heavy atom. The summed E-state index contributed by atoms with van der Waals surface area (Å²) in [5, 5.41) is 11.5. The van der Waals surface area contributed by atoms with Gasteiger partial charge in [0.05, 0.1) is 0 Å². The molecule has 1 aromatic carbocycles. The lowest BCUT2D eigenvalue weighted by Crippen LogP contribution is -2.36. The summed E-state index contributed by atoms with van der Waals surface area (Å²) in [5.74, 6) is 0. The molecule has 18 heavy (non-hydrogen) atoms. The Labute approximate surface area is 112 Å². The molecule has 0 saturated carbocycles. The zero-order chi connectivity index (χ0) is 12.2. The summed E-state index contributed by atoms with van der Waals surface area (Å²) < 4.78 is 0. The summed E-state index contributed by atoms with van der Waals surface area (Å²) >= 11 is 1.76. The third-order valence-electron chi connectivity index (χ3n) is 3.47. The minimum Gasteiger partial charge on any atom is -0.311 e. The number of rotatable bonds is 4. The second kappa shape index (κ2) is 5.65. The molecule has 1 aliphatic heterocycles. The first-order valence-corrected chi connectivity index (χ1v) is 7.41. The highest BCUT2D eigenvalue weighted by Gasteiger charge is 2.18. The van der Waals surface area contributed by atoms with Crippen LogP contribution in [0.15, 0.2) is 41.1 Å². The molecule has 0 saturated heterocycles. The molecule has 0 bridgehead atoms. The highest BCUT2D eigenvalue weighted by Crippen LogP contribution is 2.21. The molecule has 0 aliphatic carbocycles. The van der Waals surface area contributed by atoms with Crippen molar-refractivity contribution in [2.45, 2.75) is 19.0 Å². The number of benzene rings is 1. The SMILES string of the molecule is c1ccc2c(c1)CCNC2CNCc1ccsc1. The molecule has 1 atom stereocenters. The summed E-state index contributed by atoms with van der Waals surface area (Å²) in [6, 6.07) is 11.4. The van der Waals surface area contributed by atoms with Crippen molar-refractivity contribution in [3.63, 3.8) is 0 Å². The molecule has 3 heteroatoms. The fourth-order valence-corrected chi connectivity index (χ4v) is 3.20. The maximum absolute atomic E-state index is 3.60. The van der Waals surface area contributed by atoms with Crippen molar-refractivity contribution in [3.05, 3.63) is 57.8 Å². The van der Waals surface area contributed by atoms with Gasteiger partial charge in [-0.2, -0.15) is 11.3 Å². The smallest absolute Gasteiger partial charge is 0.0449 e. The maximum Gasteiger partial charge on any atom is 0.0449 e. The van der Waals surface area contributed by atoms with E-state index in [9.17, 15) is 0 Å². The number of fused-ring (bicyclic) bond motifs is 1. The van der Waals surface area contributed by atoms with Crippen LogP contribution in [-0.4, -0.2) is 13.1 Å². The zero-order valence-electron chi connectivity index (χ0n) is 10.4. The Hall–Kier alpha value is -1.16. The van der Waals surface area contributed by atoms with E-state index >= 15 is 0 Å². The average Bonchev–Trinajstić information content (AvgIpc) is 2.92. The van der Waals surface area contributed by atoms with E-state index < -0.39 is 0 Å².